The van der Waals surface area contributed by atoms with Crippen LogP contribution in [0.2, 0.25) is 0 Å². The maximum absolute atomic E-state index is 12.7. The van der Waals surface area contributed by atoms with Crippen LogP contribution in [0.25, 0.3) is 10.9 Å². The molecule has 1 saturated carbocycles. The van der Waals surface area contributed by atoms with Crippen LogP contribution < -0.4 is 15.4 Å². The van der Waals surface area contributed by atoms with E-state index in [9.17, 15) is 4.79 Å². The Balaban J connectivity index is 1.56. The maximum Gasteiger partial charge on any atom is 0.248 e. The minimum Gasteiger partial charge on any atom is -0.491 e. The molecule has 2 aromatic carbocycles. The first-order valence-electron chi connectivity index (χ1n) is 12.1. The molecule has 0 aliphatic heterocycles. The first-order valence-corrected chi connectivity index (χ1v) is 12.1. The molecule has 1 aliphatic rings. The molecule has 0 bridgehead atoms. The van der Waals surface area contributed by atoms with Gasteiger partial charge in [-0.3, -0.25) is 4.79 Å². The Morgan fingerprint density at radius 2 is 1.94 bits per heavy atom. The van der Waals surface area contributed by atoms with E-state index in [0.717, 1.165) is 41.9 Å². The number of fused-ring (bicyclic) bond motifs is 1. The van der Waals surface area contributed by atoms with E-state index < -0.39 is 0 Å². The highest BCUT2D eigenvalue weighted by molar-refractivity contribution is 6.03. The van der Waals surface area contributed by atoms with Crippen molar-refractivity contribution in [3.63, 3.8) is 0 Å². The van der Waals surface area contributed by atoms with E-state index in [0.29, 0.717) is 30.5 Å². The van der Waals surface area contributed by atoms with Crippen LogP contribution in [0.5, 0.6) is 5.75 Å². The number of carbonyl (C=O) groups excluding carboxylic acids is 1. The number of nitrogens with one attached hydrogen (secondary N) is 2. The maximum atomic E-state index is 12.7. The summed E-state index contributed by atoms with van der Waals surface area (Å²) in [5.41, 5.74) is 2.56. The molecule has 0 unspecified atom stereocenters. The molecule has 2 N–H and O–H groups in total. The number of nitrogens with zero attached hydrogens (tertiary/aromatic N) is 3. The molecule has 7 nitrogen and oxygen atoms in total. The summed E-state index contributed by atoms with van der Waals surface area (Å²) in [5.74, 6) is 1.77. The van der Waals surface area contributed by atoms with E-state index in [2.05, 4.69) is 51.5 Å². The summed E-state index contributed by atoms with van der Waals surface area (Å²) in [6.45, 7) is 8.16. The Labute approximate surface area is 201 Å². The van der Waals surface area contributed by atoms with Crippen molar-refractivity contribution in [3.05, 3.63) is 66.5 Å². The molecule has 1 aromatic heterocycles. The quantitative estimate of drug-likeness (QED) is 0.376. The molecule has 0 spiro atoms. The lowest BCUT2D eigenvalue weighted by molar-refractivity contribution is -0.111. The Kier molecular flexibility index (Phi) is 8.09. The Bertz CT molecular complexity index is 1120. The first kappa shape index (κ1) is 23.7. The average molecular weight is 460 g/mol. The second-order valence-electron chi connectivity index (χ2n) is 8.56. The zero-order valence-electron chi connectivity index (χ0n) is 20.0. The number of hydrogen-bond donors (Lipinski definition) is 2. The SMILES string of the molecule is CCN(CC)CC=CC(=O)Nc1cc2c(NCc3ccccc3)ncnc2cc1OCC1CC1. The van der Waals surface area contributed by atoms with Gasteiger partial charge in [0.2, 0.25) is 5.91 Å². The number of benzene rings is 2. The van der Waals surface area contributed by atoms with Gasteiger partial charge in [-0.15, -0.1) is 0 Å². The predicted molar refractivity (Wildman–Crippen MR) is 137 cm³/mol. The Morgan fingerprint density at radius 3 is 2.68 bits per heavy atom. The molecule has 1 heterocycles. The lowest BCUT2D eigenvalue weighted by atomic mass is 10.1. The first-order chi connectivity index (χ1) is 16.7. The van der Waals surface area contributed by atoms with Crippen LogP contribution in [0.4, 0.5) is 11.5 Å². The molecule has 1 amide bonds. The monoisotopic (exact) mass is 459 g/mol. The molecule has 0 atom stereocenters. The summed E-state index contributed by atoms with van der Waals surface area (Å²) in [6.07, 6.45) is 7.42. The minimum atomic E-state index is -0.182. The summed E-state index contributed by atoms with van der Waals surface area (Å²) in [7, 11) is 0. The zero-order valence-corrected chi connectivity index (χ0v) is 20.0. The molecule has 0 saturated heterocycles. The smallest absolute Gasteiger partial charge is 0.248 e. The van der Waals surface area contributed by atoms with Crippen molar-refractivity contribution in [2.24, 2.45) is 5.92 Å². The van der Waals surface area contributed by atoms with E-state index in [-0.39, 0.29) is 5.91 Å². The Morgan fingerprint density at radius 1 is 1.15 bits per heavy atom. The number of aromatic nitrogens is 2. The van der Waals surface area contributed by atoms with Gasteiger partial charge in [-0.1, -0.05) is 50.3 Å². The standard InChI is InChI=1S/C27H33N5O2/c1-3-32(4-2)14-8-11-26(33)31-24-15-22-23(16-25(24)34-18-21-12-13-21)29-19-30-27(22)28-17-20-9-6-5-7-10-20/h5-11,15-16,19,21H,3-4,12-14,17-18H2,1-2H3,(H,31,33)(H,28,29,30). The van der Waals surface area contributed by atoms with Gasteiger partial charge in [0, 0.05) is 30.6 Å². The summed E-state index contributed by atoms with van der Waals surface area (Å²) in [6, 6.07) is 14.0. The highest BCUT2D eigenvalue weighted by Gasteiger charge is 2.23. The third kappa shape index (κ3) is 6.54. The largest absolute Gasteiger partial charge is 0.491 e. The topological polar surface area (TPSA) is 79.4 Å². The van der Waals surface area contributed by atoms with E-state index in [1.807, 2.05) is 36.4 Å². The van der Waals surface area contributed by atoms with Gasteiger partial charge in [0.05, 0.1) is 17.8 Å². The summed E-state index contributed by atoms with van der Waals surface area (Å²) >= 11 is 0. The Hall–Kier alpha value is -3.45. The van der Waals surface area contributed by atoms with E-state index in [1.54, 1.807) is 12.4 Å². The van der Waals surface area contributed by atoms with Crippen molar-refractivity contribution in [1.29, 1.82) is 0 Å². The summed E-state index contributed by atoms with van der Waals surface area (Å²) < 4.78 is 6.09. The van der Waals surface area contributed by atoms with Crippen LogP contribution in [-0.2, 0) is 11.3 Å². The average Bonchev–Trinajstić information content (AvgIpc) is 3.69. The number of hydrogen-bond acceptors (Lipinski definition) is 6. The number of likely N-dealkylation sites (N-methyl/N-ethyl adjacent to an activating group) is 1. The third-order valence-corrected chi connectivity index (χ3v) is 6.00. The number of anilines is 2. The number of carbonyl (C=O) groups is 1. The van der Waals surface area contributed by atoms with Crippen molar-refractivity contribution in [1.82, 2.24) is 14.9 Å². The van der Waals surface area contributed by atoms with Gasteiger partial charge in [0.1, 0.15) is 17.9 Å². The molecule has 0 radical (unpaired) electrons. The summed E-state index contributed by atoms with van der Waals surface area (Å²) in [5, 5.41) is 7.24. The van der Waals surface area contributed by atoms with Crippen LogP contribution in [0.1, 0.15) is 32.3 Å². The molecular weight excluding hydrogens is 426 g/mol. The molecule has 3 aromatic rings. The van der Waals surface area contributed by atoms with Crippen LogP contribution in [0.3, 0.4) is 0 Å². The van der Waals surface area contributed by atoms with Crippen LogP contribution in [0, 0.1) is 5.92 Å². The molecule has 4 rings (SSSR count). The second kappa shape index (κ2) is 11.6. The van der Waals surface area contributed by atoms with Crippen molar-refractivity contribution >= 4 is 28.3 Å². The third-order valence-electron chi connectivity index (χ3n) is 6.00. The van der Waals surface area contributed by atoms with Crippen molar-refractivity contribution < 1.29 is 9.53 Å². The van der Waals surface area contributed by atoms with Gasteiger partial charge in [-0.05, 0) is 43.5 Å². The molecule has 34 heavy (non-hydrogen) atoms. The van der Waals surface area contributed by atoms with Crippen LogP contribution >= 0.6 is 0 Å². The van der Waals surface area contributed by atoms with Gasteiger partial charge in [0.15, 0.2) is 0 Å². The fourth-order valence-electron chi connectivity index (χ4n) is 3.68. The van der Waals surface area contributed by atoms with Crippen LogP contribution in [-0.4, -0.2) is 47.0 Å². The fourth-order valence-corrected chi connectivity index (χ4v) is 3.68. The zero-order chi connectivity index (χ0) is 23.8. The number of amides is 1. The minimum absolute atomic E-state index is 0.182. The van der Waals surface area contributed by atoms with E-state index >= 15 is 0 Å². The molecule has 178 valence electrons. The lowest BCUT2D eigenvalue weighted by Crippen LogP contribution is -2.23. The van der Waals surface area contributed by atoms with Crippen molar-refractivity contribution in [2.75, 3.05) is 36.9 Å². The normalized spacial score (nSPS) is 13.5. The van der Waals surface area contributed by atoms with Gasteiger partial charge in [-0.25, -0.2) is 9.97 Å². The predicted octanol–water partition coefficient (Wildman–Crippen LogP) is 4.87. The van der Waals surface area contributed by atoms with E-state index in [4.69, 9.17) is 4.74 Å². The second-order valence-corrected chi connectivity index (χ2v) is 8.56. The molecule has 1 fully saturated rings. The van der Waals surface area contributed by atoms with Gasteiger partial charge < -0.3 is 20.3 Å². The van der Waals surface area contributed by atoms with E-state index in [1.165, 1.54) is 12.8 Å². The molecule has 7 heteroatoms. The highest BCUT2D eigenvalue weighted by atomic mass is 16.5. The van der Waals surface area contributed by atoms with Gasteiger partial charge >= 0.3 is 0 Å². The lowest BCUT2D eigenvalue weighted by Gasteiger charge is -2.16. The molecule has 1 aliphatic carbocycles. The van der Waals surface area contributed by atoms with Gasteiger partial charge in [0.25, 0.3) is 0 Å². The van der Waals surface area contributed by atoms with Crippen molar-refractivity contribution in [3.8, 4) is 5.75 Å². The van der Waals surface area contributed by atoms with Gasteiger partial charge in [-0.2, -0.15) is 0 Å². The van der Waals surface area contributed by atoms with Crippen LogP contribution in [0.15, 0.2) is 60.9 Å². The molecular formula is C27H33N5O2. The number of ether oxygens (including phenoxy) is 1. The fraction of sp³-hybridized carbons (Fsp3) is 0.370. The highest BCUT2D eigenvalue weighted by Crippen LogP contribution is 2.35. The van der Waals surface area contributed by atoms with Crippen molar-refractivity contribution in [2.45, 2.75) is 33.2 Å². The summed E-state index contributed by atoms with van der Waals surface area (Å²) in [4.78, 5) is 23.8. The number of rotatable bonds is 12.